The van der Waals surface area contributed by atoms with Gasteiger partial charge in [0.2, 0.25) is 0 Å². The van der Waals surface area contributed by atoms with E-state index in [-0.39, 0.29) is 18.4 Å². The van der Waals surface area contributed by atoms with Gasteiger partial charge >= 0.3 is 0 Å². The minimum atomic E-state index is -0.0426. The van der Waals surface area contributed by atoms with Crippen molar-refractivity contribution in [1.29, 1.82) is 0 Å². The number of hydrogen-bond donors (Lipinski definition) is 2. The maximum Gasteiger partial charge on any atom is 0.279 e. The quantitative estimate of drug-likeness (QED) is 0.753. The number of piperazine rings is 1. The van der Waals surface area contributed by atoms with E-state index in [0.717, 1.165) is 29.9 Å². The van der Waals surface area contributed by atoms with Crippen LogP contribution in [0.1, 0.15) is 11.1 Å². The van der Waals surface area contributed by atoms with Crippen LogP contribution in [0.15, 0.2) is 42.5 Å². The highest BCUT2D eigenvalue weighted by Crippen LogP contribution is 2.19. The molecule has 7 heteroatoms. The Kier molecular flexibility index (Phi) is 7.12. The molecule has 1 fully saturated rings. The molecule has 29 heavy (non-hydrogen) atoms. The lowest BCUT2D eigenvalue weighted by Crippen LogP contribution is -3.15. The van der Waals surface area contributed by atoms with Gasteiger partial charge in [-0.15, -0.1) is 0 Å². The van der Waals surface area contributed by atoms with E-state index < -0.39 is 0 Å². The fourth-order valence-electron chi connectivity index (χ4n) is 3.44. The van der Waals surface area contributed by atoms with Crippen LogP contribution >= 0.6 is 11.6 Å². The van der Waals surface area contributed by atoms with Gasteiger partial charge in [0.1, 0.15) is 5.75 Å². The number of benzene rings is 2. The number of amides is 2. The van der Waals surface area contributed by atoms with Crippen LogP contribution in [0.25, 0.3) is 0 Å². The van der Waals surface area contributed by atoms with Crippen molar-refractivity contribution in [3.05, 3.63) is 58.6 Å². The van der Waals surface area contributed by atoms with Crippen molar-refractivity contribution in [1.82, 2.24) is 4.90 Å². The summed E-state index contributed by atoms with van der Waals surface area (Å²) >= 11 is 5.84. The summed E-state index contributed by atoms with van der Waals surface area (Å²) in [4.78, 5) is 27.8. The Labute approximate surface area is 176 Å². The number of quaternary nitrogens is 1. The van der Waals surface area contributed by atoms with E-state index >= 15 is 0 Å². The third-order valence-corrected chi connectivity index (χ3v) is 5.41. The Morgan fingerprint density at radius 1 is 1.07 bits per heavy atom. The summed E-state index contributed by atoms with van der Waals surface area (Å²) < 4.78 is 5.54. The summed E-state index contributed by atoms with van der Waals surface area (Å²) in [6.07, 6.45) is 0. The number of hydrogen-bond acceptors (Lipinski definition) is 3. The number of nitrogens with one attached hydrogen (secondary N) is 2. The van der Waals surface area contributed by atoms with Crippen LogP contribution in [0.4, 0.5) is 5.69 Å². The standard InChI is InChI=1S/C22H26ClN3O3/c1-16-4-3-5-17(2)22(16)24-20(27)14-25-10-12-26(13-11-25)21(28)15-29-19-8-6-18(23)7-9-19/h3-9H,10-15H2,1-2H3,(H,24,27)/p+1. The van der Waals surface area contributed by atoms with Crippen LogP contribution < -0.4 is 15.0 Å². The molecule has 154 valence electrons. The number of carbonyl (C=O) groups excluding carboxylic acids is 2. The Morgan fingerprint density at radius 2 is 1.69 bits per heavy atom. The Hall–Kier alpha value is -2.57. The lowest BCUT2D eigenvalue weighted by molar-refractivity contribution is -0.895. The molecule has 0 bridgehead atoms. The number of halogens is 1. The highest BCUT2D eigenvalue weighted by Gasteiger charge is 2.25. The molecule has 0 atom stereocenters. The summed E-state index contributed by atoms with van der Waals surface area (Å²) in [6, 6.07) is 12.9. The topological polar surface area (TPSA) is 63.1 Å². The second-order valence-corrected chi connectivity index (χ2v) is 7.80. The molecule has 0 aromatic heterocycles. The normalized spacial score (nSPS) is 14.5. The minimum Gasteiger partial charge on any atom is -0.484 e. The lowest BCUT2D eigenvalue weighted by Gasteiger charge is -2.31. The molecule has 6 nitrogen and oxygen atoms in total. The molecule has 0 radical (unpaired) electrons. The number of rotatable bonds is 6. The van der Waals surface area contributed by atoms with E-state index in [4.69, 9.17) is 16.3 Å². The first-order valence-electron chi connectivity index (χ1n) is 9.78. The number of ether oxygens (including phenoxy) is 1. The number of carbonyl (C=O) groups is 2. The first-order chi connectivity index (χ1) is 13.9. The fraction of sp³-hybridized carbons (Fsp3) is 0.364. The predicted octanol–water partition coefficient (Wildman–Crippen LogP) is 1.70. The van der Waals surface area contributed by atoms with Crippen LogP contribution in [-0.4, -0.2) is 56.0 Å². The smallest absolute Gasteiger partial charge is 0.279 e. The summed E-state index contributed by atoms with van der Waals surface area (Å²) in [7, 11) is 0. The Bertz CT molecular complexity index is 842. The van der Waals surface area contributed by atoms with Gasteiger partial charge in [-0.1, -0.05) is 29.8 Å². The Balaban J connectivity index is 1.42. The molecule has 0 saturated carbocycles. The van der Waals surface area contributed by atoms with Crippen molar-refractivity contribution in [3.8, 4) is 5.75 Å². The van der Waals surface area contributed by atoms with Gasteiger partial charge in [-0.25, -0.2) is 0 Å². The largest absolute Gasteiger partial charge is 0.484 e. The zero-order chi connectivity index (χ0) is 20.8. The number of nitrogens with zero attached hydrogens (tertiary/aromatic N) is 1. The summed E-state index contributed by atoms with van der Waals surface area (Å²) in [5.74, 6) is 0.581. The average Bonchev–Trinajstić information content (AvgIpc) is 2.71. The maximum absolute atomic E-state index is 12.4. The molecule has 2 amide bonds. The SMILES string of the molecule is Cc1cccc(C)c1NC(=O)C[NH+]1CCN(C(=O)COc2ccc(Cl)cc2)CC1. The second-order valence-electron chi connectivity index (χ2n) is 7.37. The van der Waals surface area contributed by atoms with Crippen molar-refractivity contribution in [2.24, 2.45) is 0 Å². The van der Waals surface area contributed by atoms with Gasteiger partial charge in [-0.3, -0.25) is 9.59 Å². The van der Waals surface area contributed by atoms with E-state index in [2.05, 4.69) is 5.32 Å². The highest BCUT2D eigenvalue weighted by molar-refractivity contribution is 6.30. The molecule has 0 aliphatic carbocycles. The predicted molar refractivity (Wildman–Crippen MR) is 114 cm³/mol. The van der Waals surface area contributed by atoms with E-state index in [1.165, 1.54) is 4.90 Å². The van der Waals surface area contributed by atoms with Crippen molar-refractivity contribution in [3.63, 3.8) is 0 Å². The summed E-state index contributed by atoms with van der Waals surface area (Å²) in [5.41, 5.74) is 3.01. The van der Waals surface area contributed by atoms with Crippen molar-refractivity contribution in [2.45, 2.75) is 13.8 Å². The third-order valence-electron chi connectivity index (χ3n) is 5.16. The van der Waals surface area contributed by atoms with E-state index in [1.54, 1.807) is 29.2 Å². The lowest BCUT2D eigenvalue weighted by atomic mass is 10.1. The molecule has 1 saturated heterocycles. The van der Waals surface area contributed by atoms with Gasteiger partial charge < -0.3 is 19.9 Å². The molecule has 0 unspecified atom stereocenters. The number of anilines is 1. The zero-order valence-corrected chi connectivity index (χ0v) is 17.6. The molecular formula is C22H27ClN3O3+. The zero-order valence-electron chi connectivity index (χ0n) is 16.8. The molecule has 3 rings (SSSR count). The first kappa shape index (κ1) is 21.1. The van der Waals surface area contributed by atoms with Crippen LogP contribution in [0.3, 0.4) is 0 Å². The molecule has 2 aromatic rings. The second kappa shape index (κ2) is 9.76. The van der Waals surface area contributed by atoms with Gasteiger partial charge in [0, 0.05) is 10.7 Å². The molecular weight excluding hydrogens is 390 g/mol. The monoisotopic (exact) mass is 416 g/mol. The van der Waals surface area contributed by atoms with Crippen molar-refractivity contribution >= 4 is 29.1 Å². The van der Waals surface area contributed by atoms with Gasteiger partial charge in [0.05, 0.1) is 26.2 Å². The van der Waals surface area contributed by atoms with E-state index in [0.29, 0.717) is 30.4 Å². The Morgan fingerprint density at radius 3 is 2.31 bits per heavy atom. The van der Waals surface area contributed by atoms with Crippen LogP contribution in [0.2, 0.25) is 5.02 Å². The fourth-order valence-corrected chi connectivity index (χ4v) is 3.56. The van der Waals surface area contributed by atoms with Gasteiger partial charge in [-0.2, -0.15) is 0 Å². The number of aryl methyl sites for hydroxylation is 2. The van der Waals surface area contributed by atoms with Crippen LogP contribution in [-0.2, 0) is 9.59 Å². The highest BCUT2D eigenvalue weighted by atomic mass is 35.5. The maximum atomic E-state index is 12.4. The molecule has 2 N–H and O–H groups in total. The van der Waals surface area contributed by atoms with E-state index in [1.807, 2.05) is 32.0 Å². The van der Waals surface area contributed by atoms with Crippen LogP contribution in [0.5, 0.6) is 5.75 Å². The third kappa shape index (κ3) is 5.95. The van der Waals surface area contributed by atoms with Crippen LogP contribution in [0, 0.1) is 13.8 Å². The number of para-hydroxylation sites is 1. The van der Waals surface area contributed by atoms with Gasteiger partial charge in [-0.05, 0) is 49.2 Å². The van der Waals surface area contributed by atoms with Crippen molar-refractivity contribution in [2.75, 3.05) is 44.6 Å². The summed E-state index contributed by atoms with van der Waals surface area (Å²) in [5, 5.41) is 3.66. The first-order valence-corrected chi connectivity index (χ1v) is 10.2. The molecule has 1 heterocycles. The molecule has 1 aliphatic rings. The van der Waals surface area contributed by atoms with E-state index in [9.17, 15) is 9.59 Å². The van der Waals surface area contributed by atoms with Crippen molar-refractivity contribution < 1.29 is 19.2 Å². The average molecular weight is 417 g/mol. The minimum absolute atomic E-state index is 0.00301. The summed E-state index contributed by atoms with van der Waals surface area (Å²) in [6.45, 7) is 7.11. The molecule has 0 spiro atoms. The van der Waals surface area contributed by atoms with Gasteiger partial charge in [0.25, 0.3) is 11.8 Å². The molecule has 2 aromatic carbocycles. The molecule has 1 aliphatic heterocycles. The van der Waals surface area contributed by atoms with Gasteiger partial charge in [0.15, 0.2) is 13.2 Å².